The van der Waals surface area contributed by atoms with Crippen molar-refractivity contribution in [2.75, 3.05) is 19.7 Å². The minimum Gasteiger partial charge on any atom is -0.490 e. The van der Waals surface area contributed by atoms with Crippen molar-refractivity contribution in [3.63, 3.8) is 0 Å². The van der Waals surface area contributed by atoms with Crippen LogP contribution in [0, 0.1) is 18.8 Å². The summed E-state index contributed by atoms with van der Waals surface area (Å²) < 4.78 is 40.4. The fourth-order valence-electron chi connectivity index (χ4n) is 6.95. The van der Waals surface area contributed by atoms with Gasteiger partial charge in [0.1, 0.15) is 11.0 Å². The van der Waals surface area contributed by atoms with Crippen LogP contribution in [0.15, 0.2) is 69.3 Å². The molecule has 242 valence electrons. The summed E-state index contributed by atoms with van der Waals surface area (Å²) in [7, 11) is -0.623. The molecule has 2 fully saturated rings. The van der Waals surface area contributed by atoms with Gasteiger partial charge in [-0.15, -0.1) is 0 Å². The summed E-state index contributed by atoms with van der Waals surface area (Å²) in [6.07, 6.45) is 9.67. The van der Waals surface area contributed by atoms with Crippen molar-refractivity contribution in [3.05, 3.63) is 81.3 Å². The smallest absolute Gasteiger partial charge is 0.328 e. The molecule has 5 aromatic rings. The van der Waals surface area contributed by atoms with E-state index in [1.165, 1.54) is 17.2 Å². The molecule has 11 heteroatoms. The zero-order chi connectivity index (χ0) is 32.2. The van der Waals surface area contributed by atoms with Gasteiger partial charge in [0, 0.05) is 49.5 Å². The number of pyridine rings is 1. The number of nitrogens with one attached hydrogen (secondary N) is 1. The van der Waals surface area contributed by atoms with E-state index in [1.807, 2.05) is 23.6 Å². The third-order valence-electron chi connectivity index (χ3n) is 10.0. The lowest BCUT2D eigenvalue weighted by atomic mass is 9.86. The maximum atomic E-state index is 13.8. The average molecular weight is 644 g/mol. The number of imidazole rings is 1. The first-order chi connectivity index (χ1) is 22.1. The topological polar surface area (TPSA) is 109 Å². The Balaban J connectivity index is 1.42. The van der Waals surface area contributed by atoms with Crippen LogP contribution in [0.2, 0.25) is 0 Å². The maximum Gasteiger partial charge on any atom is 0.328 e. The molecular weight excluding hydrogens is 602 g/mol. The molecule has 1 saturated carbocycles. The number of nitrogens with zero attached hydrogens (tertiary/aromatic N) is 4. The Labute approximate surface area is 268 Å². The van der Waals surface area contributed by atoms with E-state index in [4.69, 9.17) is 4.74 Å². The number of hydrogen-bond donors (Lipinski definition) is 1. The number of benzene rings is 2. The number of aromatic nitrogens is 4. The van der Waals surface area contributed by atoms with Crippen LogP contribution in [0.1, 0.15) is 44.1 Å². The average Bonchev–Trinajstić information content (AvgIpc) is 3.58. The molecule has 46 heavy (non-hydrogen) atoms. The molecule has 4 heterocycles. The molecule has 1 N–H and O–H groups in total. The van der Waals surface area contributed by atoms with Gasteiger partial charge in [-0.1, -0.05) is 24.1 Å². The van der Waals surface area contributed by atoms with Crippen LogP contribution in [0.5, 0.6) is 5.75 Å². The van der Waals surface area contributed by atoms with Gasteiger partial charge < -0.3 is 14.6 Å². The Hall–Kier alpha value is -4.09. The van der Waals surface area contributed by atoms with Crippen LogP contribution >= 0.6 is 0 Å². The van der Waals surface area contributed by atoms with Crippen LogP contribution in [0.4, 0.5) is 0 Å². The summed E-state index contributed by atoms with van der Waals surface area (Å²) in [4.78, 5) is 27.4. The van der Waals surface area contributed by atoms with Crippen molar-refractivity contribution >= 4 is 32.0 Å². The van der Waals surface area contributed by atoms with Gasteiger partial charge in [0.25, 0.3) is 15.6 Å². The quantitative estimate of drug-likeness (QED) is 0.248. The van der Waals surface area contributed by atoms with Gasteiger partial charge in [-0.2, -0.15) is 0 Å². The van der Waals surface area contributed by atoms with E-state index in [9.17, 15) is 18.0 Å². The molecule has 1 saturated heterocycles. The van der Waals surface area contributed by atoms with Gasteiger partial charge in [-0.25, -0.2) is 17.2 Å². The summed E-state index contributed by atoms with van der Waals surface area (Å²) in [5.74, 6) is 1.59. The molecule has 2 aliphatic rings. The Morgan fingerprint density at radius 3 is 2.33 bits per heavy atom. The van der Waals surface area contributed by atoms with Gasteiger partial charge in [0.05, 0.1) is 17.0 Å². The van der Waals surface area contributed by atoms with Crippen LogP contribution in [-0.2, 0) is 30.7 Å². The number of rotatable bonds is 9. The molecule has 3 aromatic heterocycles. The molecule has 0 atom stereocenters. The SMILES string of the molecule is Cc1ccc(S(=O)(=O)n2ccc3c(-c4ccc5c(c4OCC4CCC4)n(CCC4CCNCC4)c(=O)n5C)cn(C)c(=O)c32)cc1. The maximum absolute atomic E-state index is 13.8. The third kappa shape index (κ3) is 5.19. The molecule has 0 spiro atoms. The minimum atomic E-state index is -4.05. The number of aryl methyl sites for hydroxylation is 4. The minimum absolute atomic E-state index is 0.0713. The first kappa shape index (κ1) is 30.6. The number of fused-ring (bicyclic) bond motifs is 2. The zero-order valence-corrected chi connectivity index (χ0v) is 27.5. The standard InChI is InChI=1S/C35H41N5O5S/c1-23-7-9-26(10-8-23)46(43,44)40-20-16-27-29(21-37(2)34(41)31(27)40)28-11-12-30-32(33(28)45-22-25-5-4-6-25)39(35(42)38(30)3)19-15-24-13-17-36-18-14-24/h7-12,16,20-21,24-25,36H,4-6,13-15,17-19,22H2,1-3H3. The molecular formula is C35H41N5O5S. The first-order valence-corrected chi connectivity index (χ1v) is 17.7. The van der Waals surface area contributed by atoms with Crippen LogP contribution in [-0.4, -0.2) is 45.8 Å². The lowest BCUT2D eigenvalue weighted by molar-refractivity contribution is 0.182. The van der Waals surface area contributed by atoms with Gasteiger partial charge in [0.2, 0.25) is 0 Å². The highest BCUT2D eigenvalue weighted by atomic mass is 32.2. The second kappa shape index (κ2) is 11.9. The highest BCUT2D eigenvalue weighted by Gasteiger charge is 2.27. The molecule has 0 radical (unpaired) electrons. The Bertz CT molecular complexity index is 2160. The van der Waals surface area contributed by atoms with Gasteiger partial charge in [-0.3, -0.25) is 13.9 Å². The third-order valence-corrected chi connectivity index (χ3v) is 11.7. The first-order valence-electron chi connectivity index (χ1n) is 16.2. The van der Waals surface area contributed by atoms with E-state index in [2.05, 4.69) is 5.32 Å². The van der Waals surface area contributed by atoms with Gasteiger partial charge in [-0.05, 0) is 94.3 Å². The fourth-order valence-corrected chi connectivity index (χ4v) is 8.29. The van der Waals surface area contributed by atoms with Crippen LogP contribution in [0.25, 0.3) is 33.1 Å². The van der Waals surface area contributed by atoms with Crippen LogP contribution in [0.3, 0.4) is 0 Å². The second-order valence-corrected chi connectivity index (χ2v) is 14.9. The Morgan fingerprint density at radius 1 is 0.891 bits per heavy atom. The van der Waals surface area contributed by atoms with E-state index in [1.54, 1.807) is 55.2 Å². The van der Waals surface area contributed by atoms with Crippen LogP contribution < -0.4 is 21.3 Å². The van der Waals surface area contributed by atoms with E-state index in [-0.39, 0.29) is 16.1 Å². The molecule has 1 aliphatic heterocycles. The van der Waals surface area contributed by atoms with Crippen molar-refractivity contribution in [3.8, 4) is 16.9 Å². The highest BCUT2D eigenvalue weighted by molar-refractivity contribution is 7.90. The molecule has 0 bridgehead atoms. The lowest BCUT2D eigenvalue weighted by Crippen LogP contribution is -2.29. The molecule has 10 nitrogen and oxygen atoms in total. The predicted molar refractivity (Wildman–Crippen MR) is 180 cm³/mol. The highest BCUT2D eigenvalue weighted by Crippen LogP contribution is 2.41. The molecule has 2 aromatic carbocycles. The fraction of sp³-hybridized carbons (Fsp3) is 0.429. The molecule has 0 amide bonds. The van der Waals surface area contributed by atoms with Gasteiger partial charge in [0.15, 0.2) is 5.75 Å². The molecule has 7 rings (SSSR count). The van der Waals surface area contributed by atoms with Crippen molar-refractivity contribution in [2.24, 2.45) is 25.9 Å². The summed E-state index contributed by atoms with van der Waals surface area (Å²) in [6, 6.07) is 12.2. The van der Waals surface area contributed by atoms with Gasteiger partial charge >= 0.3 is 5.69 Å². The van der Waals surface area contributed by atoms with Crippen molar-refractivity contribution in [1.29, 1.82) is 0 Å². The number of hydrogen-bond acceptors (Lipinski definition) is 6. The number of ether oxygens (including phenoxy) is 1. The number of piperidine rings is 1. The largest absolute Gasteiger partial charge is 0.490 e. The Morgan fingerprint density at radius 2 is 1.63 bits per heavy atom. The van der Waals surface area contributed by atoms with Crippen molar-refractivity contribution in [2.45, 2.75) is 56.9 Å². The lowest BCUT2D eigenvalue weighted by Gasteiger charge is -2.26. The molecule has 1 aliphatic carbocycles. The zero-order valence-electron chi connectivity index (χ0n) is 26.7. The Kier molecular flexibility index (Phi) is 7.92. The van der Waals surface area contributed by atoms with Crippen molar-refractivity contribution in [1.82, 2.24) is 23.0 Å². The van der Waals surface area contributed by atoms with E-state index in [0.717, 1.165) is 71.3 Å². The van der Waals surface area contributed by atoms with E-state index in [0.29, 0.717) is 41.7 Å². The summed E-state index contributed by atoms with van der Waals surface area (Å²) >= 11 is 0. The van der Waals surface area contributed by atoms with E-state index < -0.39 is 15.6 Å². The predicted octanol–water partition coefficient (Wildman–Crippen LogP) is 4.77. The molecule has 0 unspecified atom stereocenters. The normalized spacial score (nSPS) is 16.3. The second-order valence-electron chi connectivity index (χ2n) is 13.0. The summed E-state index contributed by atoms with van der Waals surface area (Å²) in [6.45, 7) is 5.00. The summed E-state index contributed by atoms with van der Waals surface area (Å²) in [5, 5.41) is 3.93. The van der Waals surface area contributed by atoms with Crippen molar-refractivity contribution < 1.29 is 13.2 Å². The monoisotopic (exact) mass is 643 g/mol. The summed E-state index contributed by atoms with van der Waals surface area (Å²) in [5.41, 5.74) is 3.42. The van der Waals surface area contributed by atoms with E-state index >= 15 is 0 Å².